The van der Waals surface area contributed by atoms with Gasteiger partial charge in [0.15, 0.2) is 0 Å². The standard InChI is InChI=1S/C14H16ClNO2/c1-10(8-17-2)18-9-12-7-11-5-3-4-6-13(11)16-14(12)15/h3-7,10H,8-9H2,1-2H3. The topological polar surface area (TPSA) is 31.4 Å². The molecule has 1 aromatic heterocycles. The molecule has 0 N–H and O–H groups in total. The zero-order chi connectivity index (χ0) is 13.0. The summed E-state index contributed by atoms with van der Waals surface area (Å²) in [5.74, 6) is 0. The molecule has 0 aliphatic rings. The van der Waals surface area contributed by atoms with E-state index >= 15 is 0 Å². The highest BCUT2D eigenvalue weighted by Gasteiger charge is 2.07. The van der Waals surface area contributed by atoms with E-state index in [1.165, 1.54) is 0 Å². The second kappa shape index (κ2) is 6.14. The van der Waals surface area contributed by atoms with Gasteiger partial charge in [-0.25, -0.2) is 4.98 Å². The van der Waals surface area contributed by atoms with Gasteiger partial charge in [0.05, 0.1) is 24.8 Å². The Balaban J connectivity index is 2.15. The van der Waals surface area contributed by atoms with E-state index in [-0.39, 0.29) is 6.10 Å². The summed E-state index contributed by atoms with van der Waals surface area (Å²) in [4.78, 5) is 4.35. The van der Waals surface area contributed by atoms with Crippen molar-refractivity contribution in [2.75, 3.05) is 13.7 Å². The Morgan fingerprint density at radius 2 is 2.11 bits per heavy atom. The fourth-order valence-corrected chi connectivity index (χ4v) is 1.95. The minimum absolute atomic E-state index is 0.0394. The summed E-state index contributed by atoms with van der Waals surface area (Å²) in [6, 6.07) is 9.91. The molecule has 0 spiro atoms. The van der Waals surface area contributed by atoms with Gasteiger partial charge in [-0.15, -0.1) is 0 Å². The van der Waals surface area contributed by atoms with Crippen LogP contribution in [-0.4, -0.2) is 24.8 Å². The SMILES string of the molecule is COCC(C)OCc1cc2ccccc2nc1Cl. The summed E-state index contributed by atoms with van der Waals surface area (Å²) in [5.41, 5.74) is 1.80. The van der Waals surface area contributed by atoms with E-state index < -0.39 is 0 Å². The largest absolute Gasteiger partial charge is 0.382 e. The van der Waals surface area contributed by atoms with Gasteiger partial charge >= 0.3 is 0 Å². The van der Waals surface area contributed by atoms with Crippen molar-refractivity contribution in [1.82, 2.24) is 4.98 Å². The molecule has 0 aliphatic heterocycles. The van der Waals surface area contributed by atoms with Crippen molar-refractivity contribution in [2.24, 2.45) is 0 Å². The molecule has 0 radical (unpaired) electrons. The van der Waals surface area contributed by atoms with Crippen LogP contribution in [0.25, 0.3) is 10.9 Å². The Bertz CT molecular complexity index is 530. The van der Waals surface area contributed by atoms with Crippen LogP contribution in [-0.2, 0) is 16.1 Å². The number of aromatic nitrogens is 1. The molecule has 0 saturated heterocycles. The Labute approximate surface area is 112 Å². The van der Waals surface area contributed by atoms with Gasteiger partial charge in [-0.2, -0.15) is 0 Å². The Morgan fingerprint density at radius 3 is 2.89 bits per heavy atom. The van der Waals surface area contributed by atoms with E-state index in [1.807, 2.05) is 37.3 Å². The number of para-hydroxylation sites is 1. The first kappa shape index (κ1) is 13.3. The molecule has 0 fully saturated rings. The fourth-order valence-electron chi connectivity index (χ4n) is 1.75. The van der Waals surface area contributed by atoms with Gasteiger partial charge in [-0.3, -0.25) is 0 Å². The second-order valence-electron chi connectivity index (χ2n) is 4.21. The number of halogens is 1. The first-order chi connectivity index (χ1) is 8.70. The van der Waals surface area contributed by atoms with Gasteiger partial charge in [-0.1, -0.05) is 29.8 Å². The molecule has 0 amide bonds. The molecule has 96 valence electrons. The summed E-state index contributed by atoms with van der Waals surface area (Å²) >= 11 is 6.14. The minimum Gasteiger partial charge on any atom is -0.382 e. The zero-order valence-corrected chi connectivity index (χ0v) is 11.3. The molecule has 2 aromatic rings. The summed E-state index contributed by atoms with van der Waals surface area (Å²) in [7, 11) is 1.66. The number of pyridine rings is 1. The Kier molecular flexibility index (Phi) is 4.53. The lowest BCUT2D eigenvalue weighted by molar-refractivity contribution is -0.000141. The predicted octanol–water partition coefficient (Wildman–Crippen LogP) is 3.44. The molecule has 0 bridgehead atoms. The van der Waals surface area contributed by atoms with E-state index in [4.69, 9.17) is 21.1 Å². The number of ether oxygens (including phenoxy) is 2. The number of benzene rings is 1. The molecular weight excluding hydrogens is 250 g/mol. The molecule has 4 heteroatoms. The maximum atomic E-state index is 6.14. The monoisotopic (exact) mass is 265 g/mol. The van der Waals surface area contributed by atoms with Crippen LogP contribution in [0.5, 0.6) is 0 Å². The highest BCUT2D eigenvalue weighted by molar-refractivity contribution is 6.30. The molecule has 0 saturated carbocycles. The number of nitrogens with zero attached hydrogens (tertiary/aromatic N) is 1. The highest BCUT2D eigenvalue weighted by Crippen LogP contribution is 2.21. The molecule has 2 rings (SSSR count). The van der Waals surface area contributed by atoms with Gasteiger partial charge in [0.2, 0.25) is 0 Å². The lowest BCUT2D eigenvalue weighted by Gasteiger charge is -2.13. The predicted molar refractivity (Wildman–Crippen MR) is 72.9 cm³/mol. The minimum atomic E-state index is 0.0394. The van der Waals surface area contributed by atoms with Crippen LogP contribution in [0, 0.1) is 0 Å². The number of rotatable bonds is 5. The average molecular weight is 266 g/mol. The van der Waals surface area contributed by atoms with Gasteiger partial charge < -0.3 is 9.47 Å². The summed E-state index contributed by atoms with van der Waals surface area (Å²) in [6.07, 6.45) is 0.0394. The first-order valence-electron chi connectivity index (χ1n) is 5.85. The lowest BCUT2D eigenvalue weighted by atomic mass is 10.2. The molecule has 1 atom stereocenters. The summed E-state index contributed by atoms with van der Waals surface area (Å²) < 4.78 is 10.7. The second-order valence-corrected chi connectivity index (χ2v) is 4.57. The number of methoxy groups -OCH3 is 1. The van der Waals surface area contributed by atoms with Gasteiger partial charge in [0.25, 0.3) is 0 Å². The third kappa shape index (κ3) is 3.19. The highest BCUT2D eigenvalue weighted by atomic mass is 35.5. The van der Waals surface area contributed by atoms with Crippen molar-refractivity contribution in [3.63, 3.8) is 0 Å². The van der Waals surface area contributed by atoms with Crippen LogP contribution in [0.3, 0.4) is 0 Å². The quantitative estimate of drug-likeness (QED) is 0.776. The van der Waals surface area contributed by atoms with E-state index in [2.05, 4.69) is 4.98 Å². The Morgan fingerprint density at radius 1 is 1.33 bits per heavy atom. The number of fused-ring (bicyclic) bond motifs is 1. The average Bonchev–Trinajstić information content (AvgIpc) is 2.36. The molecule has 18 heavy (non-hydrogen) atoms. The van der Waals surface area contributed by atoms with E-state index in [0.717, 1.165) is 16.5 Å². The van der Waals surface area contributed by atoms with Crippen LogP contribution < -0.4 is 0 Å². The van der Waals surface area contributed by atoms with Crippen molar-refractivity contribution in [1.29, 1.82) is 0 Å². The maximum Gasteiger partial charge on any atom is 0.135 e. The molecule has 1 unspecified atom stereocenters. The molecule has 1 heterocycles. The van der Waals surface area contributed by atoms with Crippen molar-refractivity contribution < 1.29 is 9.47 Å². The first-order valence-corrected chi connectivity index (χ1v) is 6.23. The third-order valence-electron chi connectivity index (χ3n) is 2.67. The van der Waals surface area contributed by atoms with E-state index in [1.54, 1.807) is 7.11 Å². The maximum absolute atomic E-state index is 6.14. The van der Waals surface area contributed by atoms with Crippen molar-refractivity contribution in [3.05, 3.63) is 41.0 Å². The van der Waals surface area contributed by atoms with Crippen LogP contribution in [0.4, 0.5) is 0 Å². The van der Waals surface area contributed by atoms with Crippen molar-refractivity contribution in [2.45, 2.75) is 19.6 Å². The smallest absolute Gasteiger partial charge is 0.135 e. The Hall–Kier alpha value is -1.16. The van der Waals surface area contributed by atoms with Crippen LogP contribution in [0.1, 0.15) is 12.5 Å². The van der Waals surface area contributed by atoms with Crippen molar-refractivity contribution in [3.8, 4) is 0 Å². The van der Waals surface area contributed by atoms with Gasteiger partial charge in [0.1, 0.15) is 5.15 Å². The summed E-state index contributed by atoms with van der Waals surface area (Å²) in [6.45, 7) is 2.98. The zero-order valence-electron chi connectivity index (χ0n) is 10.5. The normalized spacial score (nSPS) is 12.8. The van der Waals surface area contributed by atoms with Crippen LogP contribution in [0.15, 0.2) is 30.3 Å². The van der Waals surface area contributed by atoms with Crippen LogP contribution in [0.2, 0.25) is 5.15 Å². The molecular formula is C14H16ClNO2. The third-order valence-corrected chi connectivity index (χ3v) is 3.00. The molecule has 1 aromatic carbocycles. The van der Waals surface area contributed by atoms with E-state index in [9.17, 15) is 0 Å². The van der Waals surface area contributed by atoms with Crippen LogP contribution >= 0.6 is 11.6 Å². The summed E-state index contributed by atoms with van der Waals surface area (Å²) in [5, 5.41) is 1.57. The fraction of sp³-hybridized carbons (Fsp3) is 0.357. The number of hydrogen-bond donors (Lipinski definition) is 0. The lowest BCUT2D eigenvalue weighted by Crippen LogP contribution is -2.14. The van der Waals surface area contributed by atoms with E-state index in [0.29, 0.717) is 18.4 Å². The van der Waals surface area contributed by atoms with Gasteiger partial charge in [-0.05, 0) is 19.1 Å². The number of hydrogen-bond acceptors (Lipinski definition) is 3. The molecule has 3 nitrogen and oxygen atoms in total. The van der Waals surface area contributed by atoms with Gasteiger partial charge in [0, 0.05) is 18.1 Å². The molecule has 0 aliphatic carbocycles. The van der Waals surface area contributed by atoms with Crippen molar-refractivity contribution >= 4 is 22.5 Å².